The van der Waals surface area contributed by atoms with Gasteiger partial charge in [0, 0.05) is 39.0 Å². The maximum absolute atomic E-state index is 14.7. The quantitative estimate of drug-likeness (QED) is 0.314. The van der Waals surface area contributed by atoms with Crippen LogP contribution < -0.4 is 4.90 Å². The Morgan fingerprint density at radius 1 is 1.05 bits per heavy atom. The minimum absolute atomic E-state index is 0.0750. The van der Waals surface area contributed by atoms with E-state index in [0.29, 0.717) is 38.8 Å². The zero-order chi connectivity index (χ0) is 29.4. The first-order valence-corrected chi connectivity index (χ1v) is 14.6. The van der Waals surface area contributed by atoms with Gasteiger partial charge in [-0.15, -0.1) is 13.2 Å². The van der Waals surface area contributed by atoms with Crippen molar-refractivity contribution in [3.05, 3.63) is 67.8 Å². The minimum Gasteiger partial charge on any atom is -0.396 e. The van der Waals surface area contributed by atoms with Crippen molar-refractivity contribution in [2.24, 2.45) is 11.8 Å². The number of hydrogen-bond acceptors (Lipinski definition) is 5. The van der Waals surface area contributed by atoms with Crippen molar-refractivity contribution in [3.63, 3.8) is 0 Å². The molecule has 1 N–H and O–H groups in total. The van der Waals surface area contributed by atoms with Crippen molar-refractivity contribution in [1.29, 1.82) is 0 Å². The normalized spacial score (nSPS) is 28.1. The lowest BCUT2D eigenvalue weighted by Gasteiger charge is -2.37. The van der Waals surface area contributed by atoms with Crippen molar-refractivity contribution in [1.82, 2.24) is 9.80 Å². The fourth-order valence-corrected chi connectivity index (χ4v) is 7.36. The van der Waals surface area contributed by atoms with E-state index in [1.807, 2.05) is 49.4 Å². The van der Waals surface area contributed by atoms with Gasteiger partial charge in [0.15, 0.2) is 0 Å². The molecule has 2 aromatic carbocycles. The minimum atomic E-state index is -1.09. The zero-order valence-corrected chi connectivity index (χ0v) is 24.1. The Morgan fingerprint density at radius 3 is 2.49 bits per heavy atom. The Morgan fingerprint density at radius 2 is 1.78 bits per heavy atom. The molecule has 8 heteroatoms. The van der Waals surface area contributed by atoms with Crippen LogP contribution in [0.2, 0.25) is 0 Å². The second kappa shape index (κ2) is 11.4. The third-order valence-electron chi connectivity index (χ3n) is 9.24. The molecule has 41 heavy (non-hydrogen) atoms. The van der Waals surface area contributed by atoms with E-state index >= 15 is 0 Å². The van der Waals surface area contributed by atoms with Crippen molar-refractivity contribution in [3.8, 4) is 0 Å². The predicted molar refractivity (Wildman–Crippen MR) is 159 cm³/mol. The average Bonchev–Trinajstić information content (AvgIpc) is 3.53. The molecule has 8 nitrogen and oxygen atoms in total. The lowest BCUT2D eigenvalue weighted by Crippen LogP contribution is -2.56. The predicted octanol–water partition coefficient (Wildman–Crippen LogP) is 3.93. The van der Waals surface area contributed by atoms with Crippen LogP contribution in [0.4, 0.5) is 5.69 Å². The van der Waals surface area contributed by atoms with Crippen LogP contribution in [0.15, 0.2) is 67.8 Å². The van der Waals surface area contributed by atoms with Crippen molar-refractivity contribution < 1.29 is 24.2 Å². The Kier molecular flexibility index (Phi) is 8.08. The number of nitrogens with zero attached hydrogens (tertiary/aromatic N) is 3. The molecule has 0 aromatic heterocycles. The fourth-order valence-electron chi connectivity index (χ4n) is 7.36. The maximum atomic E-state index is 14.7. The molecule has 2 aromatic rings. The summed E-state index contributed by atoms with van der Waals surface area (Å²) in [5.74, 6) is -2.00. The van der Waals surface area contributed by atoms with Crippen LogP contribution in [0, 0.1) is 11.8 Å². The summed E-state index contributed by atoms with van der Waals surface area (Å²) in [5.41, 5.74) is -1.20. The van der Waals surface area contributed by atoms with E-state index in [0.717, 1.165) is 22.9 Å². The lowest BCUT2D eigenvalue weighted by molar-refractivity contribution is -0.149. The highest BCUT2D eigenvalue weighted by molar-refractivity contribution is 6.06. The van der Waals surface area contributed by atoms with Crippen molar-refractivity contribution in [2.75, 3.05) is 38.2 Å². The molecule has 2 bridgehead atoms. The Labute approximate surface area is 242 Å². The van der Waals surface area contributed by atoms with Crippen LogP contribution in [-0.2, 0) is 19.1 Å². The molecule has 3 aliphatic heterocycles. The van der Waals surface area contributed by atoms with Gasteiger partial charge in [-0.25, -0.2) is 0 Å². The molecule has 0 aliphatic carbocycles. The number of fused-ring (bicyclic) bond motifs is 2. The van der Waals surface area contributed by atoms with Crippen molar-refractivity contribution in [2.45, 2.75) is 56.3 Å². The molecule has 218 valence electrons. The maximum Gasteiger partial charge on any atom is 0.253 e. The smallest absolute Gasteiger partial charge is 0.253 e. The third-order valence-corrected chi connectivity index (χ3v) is 9.24. The van der Waals surface area contributed by atoms with Crippen LogP contribution in [0.1, 0.15) is 39.0 Å². The molecule has 0 radical (unpaired) electrons. The molecule has 3 fully saturated rings. The molecule has 1 spiro atoms. The lowest BCUT2D eigenvalue weighted by atomic mass is 9.66. The number of unbranched alkanes of at least 4 members (excludes halogenated alkanes) is 2. The van der Waals surface area contributed by atoms with E-state index in [1.54, 1.807) is 33.9 Å². The Balaban J connectivity index is 1.56. The summed E-state index contributed by atoms with van der Waals surface area (Å²) in [5, 5.41) is 11.4. The fraction of sp³-hybridized carbons (Fsp3) is 0.485. The van der Waals surface area contributed by atoms with Gasteiger partial charge in [-0.3, -0.25) is 14.4 Å². The number of amides is 3. The molecule has 5 rings (SSSR count). The van der Waals surface area contributed by atoms with E-state index in [2.05, 4.69) is 13.2 Å². The van der Waals surface area contributed by atoms with Gasteiger partial charge < -0.3 is 24.5 Å². The third kappa shape index (κ3) is 4.77. The van der Waals surface area contributed by atoms with Gasteiger partial charge in [-0.1, -0.05) is 42.5 Å². The molecule has 3 saturated heterocycles. The average molecular weight is 560 g/mol. The van der Waals surface area contributed by atoms with Crippen molar-refractivity contribution >= 4 is 34.2 Å². The molecule has 0 saturated carbocycles. The number of ether oxygens (including phenoxy) is 1. The number of aliphatic hydroxyl groups is 1. The standard InChI is InChI=1S/C33H41N3O5/c1-5-18-34(4)29(38)26-27-30(39)36(20-10-7-11-21-37)28(33(27)17-16-32(26,3)41-33)31(40)35(19-6-2)25-15-14-23-12-8-9-13-24(23)22-25/h5-6,8-9,12-15,22,26-28,37H,1-2,7,10-11,16-21H2,3-4H3/t26-,27-,28?,32+,33?/m0/s1. The first kappa shape index (κ1) is 29.0. The first-order valence-electron chi connectivity index (χ1n) is 14.6. The molecule has 3 heterocycles. The number of carbonyl (C=O) groups is 3. The molecule has 5 atom stereocenters. The Bertz CT molecular complexity index is 1360. The van der Waals surface area contributed by atoms with E-state index < -0.39 is 29.1 Å². The molecular formula is C33H41N3O5. The number of likely N-dealkylation sites (tertiary alicyclic amines) is 1. The largest absolute Gasteiger partial charge is 0.396 e. The molecule has 2 unspecified atom stereocenters. The van der Waals surface area contributed by atoms with E-state index in [-0.39, 0.29) is 30.9 Å². The molecular weight excluding hydrogens is 518 g/mol. The van der Waals surface area contributed by atoms with Crippen LogP contribution in [0.5, 0.6) is 0 Å². The summed E-state index contributed by atoms with van der Waals surface area (Å²) >= 11 is 0. The SMILES string of the molecule is C=CCN(C)C(=O)[C@@H]1[C@H]2C(=O)N(CCCCCO)C(C(=O)N(CC=C)c3ccc4ccccc4c3)C23CC[C@@]1(C)O3. The second-order valence-corrected chi connectivity index (χ2v) is 11.8. The number of anilines is 1. The summed E-state index contributed by atoms with van der Waals surface area (Å²) in [4.78, 5) is 47.7. The summed E-state index contributed by atoms with van der Waals surface area (Å²) in [6.45, 7) is 10.6. The first-order chi connectivity index (χ1) is 19.7. The van der Waals surface area contributed by atoms with E-state index in [4.69, 9.17) is 4.74 Å². The monoisotopic (exact) mass is 559 g/mol. The van der Waals surface area contributed by atoms with E-state index in [1.165, 1.54) is 0 Å². The molecule has 3 amide bonds. The number of rotatable bonds is 12. The van der Waals surface area contributed by atoms with Gasteiger partial charge in [0.2, 0.25) is 11.8 Å². The Hall–Kier alpha value is -3.49. The summed E-state index contributed by atoms with van der Waals surface area (Å²) in [7, 11) is 1.71. The van der Waals surface area contributed by atoms with Crippen LogP contribution in [0.3, 0.4) is 0 Å². The van der Waals surface area contributed by atoms with Crippen LogP contribution in [-0.4, -0.2) is 83.2 Å². The number of hydrogen-bond donors (Lipinski definition) is 1. The highest BCUT2D eigenvalue weighted by atomic mass is 16.5. The van der Waals surface area contributed by atoms with Crippen LogP contribution >= 0.6 is 0 Å². The number of benzene rings is 2. The zero-order valence-electron chi connectivity index (χ0n) is 24.1. The number of aliphatic hydroxyl groups excluding tert-OH is 1. The topological polar surface area (TPSA) is 90.4 Å². The second-order valence-electron chi connectivity index (χ2n) is 11.8. The highest BCUT2D eigenvalue weighted by Crippen LogP contribution is 2.63. The summed E-state index contributed by atoms with van der Waals surface area (Å²) < 4.78 is 6.78. The van der Waals surface area contributed by atoms with Gasteiger partial charge in [0.25, 0.3) is 5.91 Å². The summed E-state index contributed by atoms with van der Waals surface area (Å²) in [6, 6.07) is 13.0. The molecule has 3 aliphatic rings. The van der Waals surface area contributed by atoms with Gasteiger partial charge in [0.05, 0.1) is 17.4 Å². The van der Waals surface area contributed by atoms with Gasteiger partial charge >= 0.3 is 0 Å². The van der Waals surface area contributed by atoms with Gasteiger partial charge in [0.1, 0.15) is 11.6 Å². The number of likely N-dealkylation sites (N-methyl/N-ethyl adjacent to an activating group) is 1. The van der Waals surface area contributed by atoms with Crippen LogP contribution in [0.25, 0.3) is 10.8 Å². The van der Waals surface area contributed by atoms with Gasteiger partial charge in [-0.2, -0.15) is 0 Å². The van der Waals surface area contributed by atoms with E-state index in [9.17, 15) is 19.5 Å². The summed E-state index contributed by atoms with van der Waals surface area (Å²) in [6.07, 6.45) is 6.46. The highest BCUT2D eigenvalue weighted by Gasteiger charge is 2.78. The van der Waals surface area contributed by atoms with Gasteiger partial charge in [-0.05, 0) is 61.9 Å². The number of carbonyl (C=O) groups excluding carboxylic acids is 3.